The molecule has 1 aromatic rings. The third-order valence-corrected chi connectivity index (χ3v) is 5.18. The maximum absolute atomic E-state index is 12.8. The van der Waals surface area contributed by atoms with Crippen molar-refractivity contribution in [3.05, 3.63) is 23.8 Å². The molecule has 2 aliphatic heterocycles. The number of carbonyl (C=O) groups excluding carboxylic acids is 2. The number of hydrogen-bond acceptors (Lipinski definition) is 5. The van der Waals surface area contributed by atoms with E-state index in [1.54, 1.807) is 18.2 Å². The van der Waals surface area contributed by atoms with Gasteiger partial charge < -0.3 is 24.6 Å². The molecule has 7 heteroatoms. The predicted molar refractivity (Wildman–Crippen MR) is 107 cm³/mol. The molecule has 1 N–H and O–H groups in total. The van der Waals surface area contributed by atoms with E-state index in [0.717, 1.165) is 52.0 Å². The molecule has 2 amide bonds. The van der Waals surface area contributed by atoms with Crippen LogP contribution in [0.5, 0.6) is 11.5 Å². The molecule has 0 spiro atoms. The summed E-state index contributed by atoms with van der Waals surface area (Å²) in [6, 6.07) is 5.21. The average molecular weight is 389 g/mol. The minimum absolute atomic E-state index is 0.000552. The Morgan fingerprint density at radius 2 is 1.71 bits per heavy atom. The summed E-state index contributed by atoms with van der Waals surface area (Å²) in [5.74, 6) is 1.01. The Labute approximate surface area is 167 Å². The van der Waals surface area contributed by atoms with Crippen molar-refractivity contribution in [3.8, 4) is 11.5 Å². The van der Waals surface area contributed by atoms with Crippen LogP contribution < -0.4 is 14.8 Å². The lowest BCUT2D eigenvalue weighted by molar-refractivity contribution is -0.134. The topological polar surface area (TPSA) is 71.1 Å². The number of rotatable bonds is 6. The highest BCUT2D eigenvalue weighted by Gasteiger charge is 2.21. The maximum atomic E-state index is 12.8. The first-order chi connectivity index (χ1) is 13.7. The van der Waals surface area contributed by atoms with Crippen LogP contribution in [0.2, 0.25) is 0 Å². The Hall–Kier alpha value is -2.28. The van der Waals surface area contributed by atoms with Gasteiger partial charge in [0, 0.05) is 38.3 Å². The first-order valence-corrected chi connectivity index (χ1v) is 10.4. The first-order valence-electron chi connectivity index (χ1n) is 10.4. The summed E-state index contributed by atoms with van der Waals surface area (Å²) in [4.78, 5) is 28.9. The predicted octanol–water partition coefficient (Wildman–Crippen LogP) is 1.91. The van der Waals surface area contributed by atoms with Crippen LogP contribution in [0.1, 0.15) is 43.0 Å². The minimum atomic E-state index is -0.00877. The summed E-state index contributed by atoms with van der Waals surface area (Å²) in [5, 5.41) is 3.30. The molecule has 28 heavy (non-hydrogen) atoms. The molecule has 0 atom stereocenters. The molecule has 7 nitrogen and oxygen atoms in total. The van der Waals surface area contributed by atoms with E-state index >= 15 is 0 Å². The number of likely N-dealkylation sites (tertiary alicyclic amines) is 1. The summed E-state index contributed by atoms with van der Waals surface area (Å²) in [6.07, 6.45) is 4.24. The van der Waals surface area contributed by atoms with Gasteiger partial charge in [0.05, 0.1) is 6.61 Å². The summed E-state index contributed by atoms with van der Waals surface area (Å²) >= 11 is 0. The molecular weight excluding hydrogens is 358 g/mol. The first kappa shape index (κ1) is 20.5. The van der Waals surface area contributed by atoms with Crippen LogP contribution in [0.25, 0.3) is 0 Å². The zero-order chi connectivity index (χ0) is 19.8. The fourth-order valence-electron chi connectivity index (χ4n) is 3.63. The Bertz CT molecular complexity index is 666. The van der Waals surface area contributed by atoms with Crippen LogP contribution in [0, 0.1) is 0 Å². The summed E-state index contributed by atoms with van der Waals surface area (Å²) < 4.78 is 11.4. The summed E-state index contributed by atoms with van der Waals surface area (Å²) in [6.45, 7) is 7.14. The molecule has 0 aliphatic carbocycles. The van der Waals surface area contributed by atoms with Crippen LogP contribution in [-0.2, 0) is 4.79 Å². The third-order valence-electron chi connectivity index (χ3n) is 5.18. The largest absolute Gasteiger partial charge is 0.490 e. The van der Waals surface area contributed by atoms with Gasteiger partial charge in [-0.25, -0.2) is 0 Å². The number of amides is 2. The van der Waals surface area contributed by atoms with Crippen LogP contribution in [0.3, 0.4) is 0 Å². The number of nitrogens with zero attached hydrogens (tertiary/aromatic N) is 2. The molecule has 2 saturated heterocycles. The molecule has 0 bridgehead atoms. The molecular formula is C21H31N3O4. The van der Waals surface area contributed by atoms with E-state index < -0.39 is 0 Å². The van der Waals surface area contributed by atoms with E-state index in [0.29, 0.717) is 30.2 Å². The van der Waals surface area contributed by atoms with Crippen molar-refractivity contribution in [2.24, 2.45) is 0 Å². The summed E-state index contributed by atoms with van der Waals surface area (Å²) in [7, 11) is 0. The smallest absolute Gasteiger partial charge is 0.260 e. The van der Waals surface area contributed by atoms with E-state index in [1.165, 1.54) is 6.42 Å². The van der Waals surface area contributed by atoms with Crippen molar-refractivity contribution >= 4 is 11.8 Å². The van der Waals surface area contributed by atoms with Gasteiger partial charge in [0.1, 0.15) is 0 Å². The Kier molecular flexibility index (Phi) is 7.54. The molecule has 0 aromatic heterocycles. The Morgan fingerprint density at radius 1 is 0.929 bits per heavy atom. The van der Waals surface area contributed by atoms with Gasteiger partial charge in [0.25, 0.3) is 11.8 Å². The van der Waals surface area contributed by atoms with Gasteiger partial charge in [-0.1, -0.05) is 0 Å². The van der Waals surface area contributed by atoms with Gasteiger partial charge >= 0.3 is 0 Å². The second kappa shape index (κ2) is 10.3. The molecule has 0 saturated carbocycles. The SMILES string of the molecule is CCOc1cc(C(=O)N2CCCNCC2)ccc1OCC(=O)N1CCCCC1. The molecule has 3 rings (SSSR count). The zero-order valence-corrected chi connectivity index (χ0v) is 16.7. The number of ether oxygens (including phenoxy) is 2. The number of piperidine rings is 1. The van der Waals surface area contributed by atoms with E-state index in [9.17, 15) is 9.59 Å². The van der Waals surface area contributed by atoms with Gasteiger partial charge in [-0.15, -0.1) is 0 Å². The fourth-order valence-corrected chi connectivity index (χ4v) is 3.63. The van der Waals surface area contributed by atoms with Gasteiger partial charge in [0.2, 0.25) is 0 Å². The van der Waals surface area contributed by atoms with Crippen LogP contribution in [0.15, 0.2) is 18.2 Å². The maximum Gasteiger partial charge on any atom is 0.260 e. The van der Waals surface area contributed by atoms with Crippen molar-refractivity contribution in [1.29, 1.82) is 0 Å². The van der Waals surface area contributed by atoms with Crippen molar-refractivity contribution < 1.29 is 19.1 Å². The Morgan fingerprint density at radius 3 is 2.50 bits per heavy atom. The lowest BCUT2D eigenvalue weighted by Crippen LogP contribution is -2.38. The third kappa shape index (κ3) is 5.38. The normalized spacial score (nSPS) is 17.8. The molecule has 154 valence electrons. The van der Waals surface area contributed by atoms with Gasteiger partial charge in [0.15, 0.2) is 18.1 Å². The standard InChI is InChI=1S/C21H31N3O4/c1-2-27-19-15-17(21(26)24-13-6-9-22-10-14-24)7-8-18(19)28-16-20(25)23-11-4-3-5-12-23/h7-8,15,22H,2-6,9-14,16H2,1H3. The van der Waals surface area contributed by atoms with Crippen molar-refractivity contribution in [2.45, 2.75) is 32.6 Å². The zero-order valence-electron chi connectivity index (χ0n) is 16.7. The Balaban J connectivity index is 1.66. The fraction of sp³-hybridized carbons (Fsp3) is 0.619. The second-order valence-electron chi connectivity index (χ2n) is 7.22. The van der Waals surface area contributed by atoms with Crippen LogP contribution in [-0.4, -0.2) is 74.1 Å². The van der Waals surface area contributed by atoms with E-state index in [4.69, 9.17) is 9.47 Å². The molecule has 0 radical (unpaired) electrons. The monoisotopic (exact) mass is 389 g/mol. The quantitative estimate of drug-likeness (QED) is 0.805. The molecule has 2 aliphatic rings. The van der Waals surface area contributed by atoms with Crippen molar-refractivity contribution in [1.82, 2.24) is 15.1 Å². The van der Waals surface area contributed by atoms with E-state index in [-0.39, 0.29) is 18.4 Å². The van der Waals surface area contributed by atoms with Crippen molar-refractivity contribution in [2.75, 3.05) is 52.5 Å². The molecule has 2 fully saturated rings. The van der Waals surface area contributed by atoms with Crippen LogP contribution in [0.4, 0.5) is 0 Å². The van der Waals surface area contributed by atoms with Crippen molar-refractivity contribution in [3.63, 3.8) is 0 Å². The summed E-state index contributed by atoms with van der Waals surface area (Å²) in [5.41, 5.74) is 0.583. The molecule has 1 aromatic carbocycles. The molecule has 2 heterocycles. The van der Waals surface area contributed by atoms with Gasteiger partial charge in [-0.3, -0.25) is 9.59 Å². The highest BCUT2D eigenvalue weighted by Crippen LogP contribution is 2.29. The second-order valence-corrected chi connectivity index (χ2v) is 7.22. The van der Waals surface area contributed by atoms with E-state index in [2.05, 4.69) is 5.32 Å². The lowest BCUT2D eigenvalue weighted by Gasteiger charge is -2.26. The number of carbonyl (C=O) groups is 2. The number of hydrogen-bond donors (Lipinski definition) is 1. The van der Waals surface area contributed by atoms with Gasteiger partial charge in [-0.05, 0) is 57.4 Å². The average Bonchev–Trinajstić information content (AvgIpc) is 3.02. The van der Waals surface area contributed by atoms with Crippen LogP contribution >= 0.6 is 0 Å². The number of nitrogens with one attached hydrogen (secondary N) is 1. The highest BCUT2D eigenvalue weighted by atomic mass is 16.5. The minimum Gasteiger partial charge on any atom is -0.490 e. The highest BCUT2D eigenvalue weighted by molar-refractivity contribution is 5.95. The molecule has 0 unspecified atom stereocenters. The number of benzene rings is 1. The van der Waals surface area contributed by atoms with E-state index in [1.807, 2.05) is 16.7 Å². The lowest BCUT2D eigenvalue weighted by atomic mass is 10.1. The van der Waals surface area contributed by atoms with Gasteiger partial charge in [-0.2, -0.15) is 0 Å².